The Labute approximate surface area is 134 Å². The van der Waals surface area contributed by atoms with Crippen molar-refractivity contribution in [3.05, 3.63) is 30.2 Å². The molecule has 1 saturated heterocycles. The summed E-state index contributed by atoms with van der Waals surface area (Å²) < 4.78 is 10.5. The van der Waals surface area contributed by atoms with Crippen molar-refractivity contribution >= 4 is 5.91 Å². The Hall–Kier alpha value is -2.41. The van der Waals surface area contributed by atoms with Gasteiger partial charge in [-0.05, 0) is 43.7 Å². The Morgan fingerprint density at radius 1 is 1.39 bits per heavy atom. The monoisotopic (exact) mass is 316 g/mol. The Kier molecular flexibility index (Phi) is 4.57. The fourth-order valence-corrected chi connectivity index (χ4v) is 2.85. The van der Waals surface area contributed by atoms with Crippen molar-refractivity contribution in [3.63, 3.8) is 0 Å². The van der Waals surface area contributed by atoms with E-state index in [0.29, 0.717) is 18.3 Å². The Bertz CT molecular complexity index is 668. The minimum atomic E-state index is -0.292. The van der Waals surface area contributed by atoms with Crippen molar-refractivity contribution in [3.8, 4) is 17.1 Å². The molecule has 7 heteroatoms. The summed E-state index contributed by atoms with van der Waals surface area (Å²) in [6, 6.07) is 7.19. The van der Waals surface area contributed by atoms with E-state index in [1.54, 1.807) is 7.11 Å². The van der Waals surface area contributed by atoms with Crippen LogP contribution in [0.5, 0.6) is 5.75 Å². The summed E-state index contributed by atoms with van der Waals surface area (Å²) >= 11 is 0. The molecule has 23 heavy (non-hydrogen) atoms. The second-order valence-electron chi connectivity index (χ2n) is 5.62. The summed E-state index contributed by atoms with van der Waals surface area (Å²) in [4.78, 5) is 18.0. The highest BCUT2D eigenvalue weighted by molar-refractivity contribution is 5.79. The molecule has 0 bridgehead atoms. The summed E-state index contributed by atoms with van der Waals surface area (Å²) in [5.41, 5.74) is 6.33. The molecule has 1 aliphatic rings. The van der Waals surface area contributed by atoms with Gasteiger partial charge in [0.05, 0.1) is 19.7 Å². The molecule has 0 saturated carbocycles. The van der Waals surface area contributed by atoms with Gasteiger partial charge in [-0.25, -0.2) is 0 Å². The SMILES string of the molecule is COc1ccc(-c2noc(CN3CCCCC3C(N)=O)n2)cc1. The molecule has 2 aromatic rings. The number of methoxy groups -OCH3 is 1. The average molecular weight is 316 g/mol. The first-order chi connectivity index (χ1) is 11.2. The largest absolute Gasteiger partial charge is 0.497 e. The quantitative estimate of drug-likeness (QED) is 0.900. The topological polar surface area (TPSA) is 94.5 Å². The molecule has 1 aromatic carbocycles. The Morgan fingerprint density at radius 2 is 2.17 bits per heavy atom. The van der Waals surface area contributed by atoms with Crippen molar-refractivity contribution in [2.45, 2.75) is 31.8 Å². The summed E-state index contributed by atoms with van der Waals surface area (Å²) in [7, 11) is 1.62. The molecule has 1 aromatic heterocycles. The number of rotatable bonds is 5. The fraction of sp³-hybridized carbons (Fsp3) is 0.438. The summed E-state index contributed by atoms with van der Waals surface area (Å²) in [6.07, 6.45) is 2.85. The Morgan fingerprint density at radius 3 is 2.87 bits per heavy atom. The van der Waals surface area contributed by atoms with Crippen molar-refractivity contribution < 1.29 is 14.1 Å². The smallest absolute Gasteiger partial charge is 0.241 e. The normalized spacial score (nSPS) is 18.7. The molecule has 2 heterocycles. The lowest BCUT2D eigenvalue weighted by atomic mass is 10.0. The number of ether oxygens (including phenoxy) is 1. The van der Waals surface area contributed by atoms with E-state index in [9.17, 15) is 4.79 Å². The molecule has 1 fully saturated rings. The summed E-state index contributed by atoms with van der Waals surface area (Å²) in [5.74, 6) is 1.49. The van der Waals surface area contributed by atoms with E-state index in [1.165, 1.54) is 0 Å². The van der Waals surface area contributed by atoms with Gasteiger partial charge in [-0.1, -0.05) is 11.6 Å². The number of carbonyl (C=O) groups is 1. The van der Waals surface area contributed by atoms with Crippen LogP contribution < -0.4 is 10.5 Å². The lowest BCUT2D eigenvalue weighted by Crippen LogP contribution is -2.47. The number of amides is 1. The molecule has 1 unspecified atom stereocenters. The van der Waals surface area contributed by atoms with Gasteiger partial charge in [0.2, 0.25) is 17.6 Å². The van der Waals surface area contributed by atoms with E-state index in [1.807, 2.05) is 29.2 Å². The highest BCUT2D eigenvalue weighted by atomic mass is 16.5. The van der Waals surface area contributed by atoms with Gasteiger partial charge in [-0.3, -0.25) is 9.69 Å². The second kappa shape index (κ2) is 6.78. The van der Waals surface area contributed by atoms with Crippen LogP contribution in [0.2, 0.25) is 0 Å². The number of hydrogen-bond donors (Lipinski definition) is 1. The van der Waals surface area contributed by atoms with E-state index < -0.39 is 0 Å². The van der Waals surface area contributed by atoms with Gasteiger partial charge in [0.15, 0.2) is 0 Å². The highest BCUT2D eigenvalue weighted by Gasteiger charge is 2.28. The zero-order chi connectivity index (χ0) is 16.2. The fourth-order valence-electron chi connectivity index (χ4n) is 2.85. The van der Waals surface area contributed by atoms with E-state index in [4.69, 9.17) is 15.0 Å². The molecule has 0 spiro atoms. The van der Waals surface area contributed by atoms with Crippen LogP contribution in [0.25, 0.3) is 11.4 Å². The lowest BCUT2D eigenvalue weighted by Gasteiger charge is -2.32. The number of aromatic nitrogens is 2. The molecular formula is C16H20N4O3. The predicted molar refractivity (Wildman–Crippen MR) is 83.5 cm³/mol. The predicted octanol–water partition coefficient (Wildman–Crippen LogP) is 1.58. The minimum absolute atomic E-state index is 0.250. The zero-order valence-electron chi connectivity index (χ0n) is 13.1. The Balaban J connectivity index is 1.72. The number of likely N-dealkylation sites (tertiary alicyclic amines) is 1. The molecule has 122 valence electrons. The molecule has 0 aliphatic carbocycles. The van der Waals surface area contributed by atoms with Crippen molar-refractivity contribution in [2.75, 3.05) is 13.7 Å². The van der Waals surface area contributed by atoms with Gasteiger partial charge in [0.1, 0.15) is 5.75 Å². The van der Waals surface area contributed by atoms with Gasteiger partial charge in [0, 0.05) is 5.56 Å². The first-order valence-electron chi connectivity index (χ1n) is 7.68. The van der Waals surface area contributed by atoms with Crippen LogP contribution in [0.1, 0.15) is 25.2 Å². The van der Waals surface area contributed by atoms with Crippen molar-refractivity contribution in [1.82, 2.24) is 15.0 Å². The van der Waals surface area contributed by atoms with E-state index in [2.05, 4.69) is 10.1 Å². The maximum Gasteiger partial charge on any atom is 0.241 e. The maximum absolute atomic E-state index is 11.5. The first kappa shape index (κ1) is 15.5. The summed E-state index contributed by atoms with van der Waals surface area (Å²) in [5, 5.41) is 4.01. The van der Waals surface area contributed by atoms with Gasteiger partial charge in [-0.15, -0.1) is 0 Å². The van der Waals surface area contributed by atoms with Gasteiger partial charge in [0.25, 0.3) is 0 Å². The number of hydrogen-bond acceptors (Lipinski definition) is 6. The number of nitrogens with two attached hydrogens (primary N) is 1. The summed E-state index contributed by atoms with van der Waals surface area (Å²) in [6.45, 7) is 1.25. The first-order valence-corrected chi connectivity index (χ1v) is 7.68. The van der Waals surface area contributed by atoms with Gasteiger partial charge >= 0.3 is 0 Å². The average Bonchev–Trinajstić information content (AvgIpc) is 3.04. The molecular weight excluding hydrogens is 296 g/mol. The molecule has 1 atom stereocenters. The number of primary amides is 1. The number of benzene rings is 1. The molecule has 0 radical (unpaired) electrons. The molecule has 2 N–H and O–H groups in total. The number of piperidine rings is 1. The van der Waals surface area contributed by atoms with E-state index in [-0.39, 0.29) is 11.9 Å². The third kappa shape index (κ3) is 3.50. The van der Waals surface area contributed by atoms with Crippen LogP contribution in [0.15, 0.2) is 28.8 Å². The van der Waals surface area contributed by atoms with Crippen LogP contribution in [-0.2, 0) is 11.3 Å². The standard InChI is InChI=1S/C16H20N4O3/c1-22-12-7-5-11(6-8-12)16-18-14(23-19-16)10-20-9-3-2-4-13(20)15(17)21/h5-8,13H,2-4,9-10H2,1H3,(H2,17,21). The number of nitrogens with zero attached hydrogens (tertiary/aromatic N) is 3. The third-order valence-electron chi connectivity index (χ3n) is 4.10. The van der Waals surface area contributed by atoms with Crippen LogP contribution in [0, 0.1) is 0 Å². The molecule has 1 amide bonds. The van der Waals surface area contributed by atoms with Crippen LogP contribution in [0.3, 0.4) is 0 Å². The van der Waals surface area contributed by atoms with Crippen LogP contribution in [-0.4, -0.2) is 40.6 Å². The van der Waals surface area contributed by atoms with E-state index in [0.717, 1.165) is 37.1 Å². The number of carbonyl (C=O) groups excluding carboxylic acids is 1. The van der Waals surface area contributed by atoms with E-state index >= 15 is 0 Å². The maximum atomic E-state index is 11.5. The van der Waals surface area contributed by atoms with Gasteiger partial charge < -0.3 is 15.0 Å². The van der Waals surface area contributed by atoms with Crippen molar-refractivity contribution in [1.29, 1.82) is 0 Å². The minimum Gasteiger partial charge on any atom is -0.497 e. The molecule has 7 nitrogen and oxygen atoms in total. The van der Waals surface area contributed by atoms with Gasteiger partial charge in [-0.2, -0.15) is 4.98 Å². The zero-order valence-corrected chi connectivity index (χ0v) is 13.1. The van der Waals surface area contributed by atoms with Crippen LogP contribution >= 0.6 is 0 Å². The second-order valence-corrected chi connectivity index (χ2v) is 5.62. The molecule has 3 rings (SSSR count). The molecule has 1 aliphatic heterocycles. The highest BCUT2D eigenvalue weighted by Crippen LogP contribution is 2.22. The van der Waals surface area contributed by atoms with Crippen LogP contribution in [0.4, 0.5) is 0 Å². The third-order valence-corrected chi connectivity index (χ3v) is 4.10. The van der Waals surface area contributed by atoms with Crippen molar-refractivity contribution in [2.24, 2.45) is 5.73 Å². The lowest BCUT2D eigenvalue weighted by molar-refractivity contribution is -0.124.